The van der Waals surface area contributed by atoms with Crippen molar-refractivity contribution < 1.29 is 9.53 Å². The highest BCUT2D eigenvalue weighted by Gasteiger charge is 2.40. The van der Waals surface area contributed by atoms with E-state index < -0.39 is 0 Å². The molecule has 6 rings (SSSR count). The molecule has 3 heteroatoms. The Morgan fingerprint density at radius 2 is 1.53 bits per heavy atom. The number of carbonyl (C=O) groups is 1. The van der Waals surface area contributed by atoms with Gasteiger partial charge in [-0.15, -0.1) is 0 Å². The summed E-state index contributed by atoms with van der Waals surface area (Å²) in [6, 6.07) is 17.7. The van der Waals surface area contributed by atoms with Crippen molar-refractivity contribution in [2.45, 2.75) is 75.8 Å². The van der Waals surface area contributed by atoms with E-state index in [2.05, 4.69) is 59.5 Å². The van der Waals surface area contributed by atoms with Crippen LogP contribution in [0.25, 0.3) is 11.1 Å². The first-order valence-corrected chi connectivity index (χ1v) is 12.6. The molecular formula is C29H33NO2. The Kier molecular flexibility index (Phi) is 5.29. The highest BCUT2D eigenvalue weighted by atomic mass is 16.6. The van der Waals surface area contributed by atoms with Gasteiger partial charge in [-0.05, 0) is 66.7 Å². The quantitative estimate of drug-likeness (QED) is 0.490. The largest absolute Gasteiger partial charge is 0.448 e. The zero-order chi connectivity index (χ0) is 21.5. The molecule has 32 heavy (non-hydrogen) atoms. The number of fused-ring (bicyclic) bond motifs is 5. The van der Waals surface area contributed by atoms with Crippen molar-refractivity contribution in [3.05, 3.63) is 71.3 Å². The van der Waals surface area contributed by atoms with Crippen molar-refractivity contribution >= 4 is 6.09 Å². The SMILES string of the molecule is O=C(OCC1c2ccccc2-c2ccccc21)N1C2C=C(C3CCCCC3)CC1CCC2. The van der Waals surface area contributed by atoms with Gasteiger partial charge in [0.1, 0.15) is 6.61 Å². The Morgan fingerprint density at radius 1 is 0.844 bits per heavy atom. The summed E-state index contributed by atoms with van der Waals surface area (Å²) in [4.78, 5) is 15.4. The summed E-state index contributed by atoms with van der Waals surface area (Å²) in [5.74, 6) is 0.890. The summed E-state index contributed by atoms with van der Waals surface area (Å²) in [5, 5.41) is 0. The third kappa shape index (κ3) is 3.46. The van der Waals surface area contributed by atoms with Gasteiger partial charge in [0.25, 0.3) is 0 Å². The molecule has 0 radical (unpaired) electrons. The van der Waals surface area contributed by atoms with Gasteiger partial charge in [0.2, 0.25) is 0 Å². The van der Waals surface area contributed by atoms with Crippen LogP contribution in [-0.2, 0) is 4.74 Å². The van der Waals surface area contributed by atoms with E-state index in [1.54, 1.807) is 5.57 Å². The predicted octanol–water partition coefficient (Wildman–Crippen LogP) is 7.07. The lowest BCUT2D eigenvalue weighted by Gasteiger charge is -2.45. The zero-order valence-corrected chi connectivity index (χ0v) is 18.8. The number of piperidine rings is 1. The molecule has 0 spiro atoms. The average Bonchev–Trinajstić information content (AvgIpc) is 3.16. The van der Waals surface area contributed by atoms with Crippen LogP contribution < -0.4 is 0 Å². The minimum absolute atomic E-state index is 0.111. The average molecular weight is 428 g/mol. The van der Waals surface area contributed by atoms with Crippen LogP contribution in [0.2, 0.25) is 0 Å². The minimum atomic E-state index is -0.111. The van der Waals surface area contributed by atoms with Crippen LogP contribution in [0.5, 0.6) is 0 Å². The molecule has 2 unspecified atom stereocenters. The van der Waals surface area contributed by atoms with Gasteiger partial charge >= 0.3 is 6.09 Å². The van der Waals surface area contributed by atoms with Crippen LogP contribution in [0.3, 0.4) is 0 Å². The van der Waals surface area contributed by atoms with Gasteiger partial charge < -0.3 is 4.74 Å². The second-order valence-electron chi connectivity index (χ2n) is 10.1. The van der Waals surface area contributed by atoms with Gasteiger partial charge in [-0.1, -0.05) is 79.4 Å². The van der Waals surface area contributed by atoms with Gasteiger partial charge in [0, 0.05) is 12.0 Å². The van der Waals surface area contributed by atoms with Gasteiger partial charge in [-0.25, -0.2) is 4.79 Å². The maximum absolute atomic E-state index is 13.3. The first-order valence-electron chi connectivity index (χ1n) is 12.6. The van der Waals surface area contributed by atoms with E-state index in [1.165, 1.54) is 60.8 Å². The van der Waals surface area contributed by atoms with Crippen LogP contribution in [0.4, 0.5) is 4.79 Å². The molecule has 4 aliphatic rings. The fourth-order valence-corrected chi connectivity index (χ4v) is 6.79. The van der Waals surface area contributed by atoms with Gasteiger partial charge in [-0.3, -0.25) is 4.90 Å². The van der Waals surface area contributed by atoms with Gasteiger partial charge in [-0.2, -0.15) is 0 Å². The molecule has 2 aliphatic heterocycles. The third-order valence-corrected chi connectivity index (χ3v) is 8.34. The Morgan fingerprint density at radius 3 is 2.22 bits per heavy atom. The van der Waals surface area contributed by atoms with Crippen molar-refractivity contribution in [2.75, 3.05) is 6.61 Å². The molecule has 1 saturated carbocycles. The molecule has 2 bridgehead atoms. The number of nitrogens with zero attached hydrogens (tertiary/aromatic N) is 1. The molecule has 3 nitrogen and oxygen atoms in total. The lowest BCUT2D eigenvalue weighted by atomic mass is 9.76. The monoisotopic (exact) mass is 427 g/mol. The number of amides is 1. The lowest BCUT2D eigenvalue weighted by molar-refractivity contribution is 0.0493. The number of hydrogen-bond acceptors (Lipinski definition) is 2. The molecule has 2 aliphatic carbocycles. The Labute approximate surface area is 191 Å². The lowest BCUT2D eigenvalue weighted by Crippen LogP contribution is -2.52. The summed E-state index contributed by atoms with van der Waals surface area (Å²) in [7, 11) is 0. The highest BCUT2D eigenvalue weighted by Crippen LogP contribution is 2.45. The molecule has 0 aromatic heterocycles. The van der Waals surface area contributed by atoms with Crippen LogP contribution in [-0.4, -0.2) is 29.7 Å². The maximum atomic E-state index is 13.3. The fourth-order valence-electron chi connectivity index (χ4n) is 6.79. The van der Waals surface area contributed by atoms with E-state index in [0.29, 0.717) is 12.6 Å². The predicted molar refractivity (Wildman–Crippen MR) is 128 cm³/mol. The molecule has 0 N–H and O–H groups in total. The molecular weight excluding hydrogens is 394 g/mol. The number of hydrogen-bond donors (Lipinski definition) is 0. The Bertz CT molecular complexity index is 989. The van der Waals surface area contributed by atoms with E-state index >= 15 is 0 Å². The first-order chi connectivity index (χ1) is 15.8. The van der Waals surface area contributed by atoms with Crippen molar-refractivity contribution in [2.24, 2.45) is 5.92 Å². The van der Waals surface area contributed by atoms with Crippen LogP contribution in [0.15, 0.2) is 60.2 Å². The van der Waals surface area contributed by atoms with E-state index in [0.717, 1.165) is 25.2 Å². The Balaban J connectivity index is 1.19. The number of benzene rings is 2. The van der Waals surface area contributed by atoms with Crippen LogP contribution in [0, 0.1) is 5.92 Å². The number of ether oxygens (including phenoxy) is 1. The standard InChI is InChI=1S/C29H33NO2/c31-29(30-22-11-8-12-23(30)18-21(17-22)20-9-2-1-3-10-20)32-19-28-26-15-6-4-13-24(26)25-14-5-7-16-27(25)28/h4-7,13-17,20,22-23,28H,1-3,8-12,18-19H2. The zero-order valence-electron chi connectivity index (χ0n) is 18.8. The second-order valence-corrected chi connectivity index (χ2v) is 10.1. The van der Waals surface area contributed by atoms with E-state index in [-0.39, 0.29) is 18.1 Å². The van der Waals surface area contributed by atoms with Gasteiger partial charge in [0.15, 0.2) is 0 Å². The van der Waals surface area contributed by atoms with E-state index in [9.17, 15) is 4.79 Å². The fraction of sp³-hybridized carbons (Fsp3) is 0.483. The van der Waals surface area contributed by atoms with Crippen molar-refractivity contribution in [1.29, 1.82) is 0 Å². The molecule has 166 valence electrons. The van der Waals surface area contributed by atoms with Crippen LogP contribution in [0.1, 0.15) is 74.8 Å². The maximum Gasteiger partial charge on any atom is 0.410 e. The molecule has 2 aromatic rings. The number of rotatable bonds is 3. The summed E-state index contributed by atoms with van der Waals surface area (Å²) in [6.07, 6.45) is 13.6. The molecule has 2 atom stereocenters. The second kappa shape index (κ2) is 8.42. The summed E-state index contributed by atoms with van der Waals surface area (Å²) < 4.78 is 6.05. The van der Waals surface area contributed by atoms with E-state index in [1.807, 2.05) is 0 Å². The molecule has 2 heterocycles. The van der Waals surface area contributed by atoms with Crippen LogP contribution >= 0.6 is 0 Å². The van der Waals surface area contributed by atoms with Crippen molar-refractivity contribution in [3.63, 3.8) is 0 Å². The highest BCUT2D eigenvalue weighted by molar-refractivity contribution is 5.79. The summed E-state index contributed by atoms with van der Waals surface area (Å²) >= 11 is 0. The molecule has 2 aromatic carbocycles. The minimum Gasteiger partial charge on any atom is -0.448 e. The normalized spacial score (nSPS) is 25.1. The first kappa shape index (κ1) is 20.1. The molecule has 2 fully saturated rings. The summed E-state index contributed by atoms with van der Waals surface area (Å²) in [6.45, 7) is 0.419. The smallest absolute Gasteiger partial charge is 0.410 e. The summed E-state index contributed by atoms with van der Waals surface area (Å²) in [5.41, 5.74) is 6.75. The van der Waals surface area contributed by atoms with Crippen molar-refractivity contribution in [1.82, 2.24) is 4.90 Å². The topological polar surface area (TPSA) is 29.5 Å². The van der Waals surface area contributed by atoms with Gasteiger partial charge in [0.05, 0.1) is 6.04 Å². The third-order valence-electron chi connectivity index (χ3n) is 8.34. The van der Waals surface area contributed by atoms with E-state index in [4.69, 9.17) is 4.74 Å². The Hall–Kier alpha value is -2.55. The van der Waals surface area contributed by atoms with Crippen molar-refractivity contribution in [3.8, 4) is 11.1 Å². The molecule has 1 amide bonds. The molecule has 1 saturated heterocycles. The number of carbonyl (C=O) groups excluding carboxylic acids is 1.